The van der Waals surface area contributed by atoms with Gasteiger partial charge in [-0.15, -0.1) is 0 Å². The molecule has 5 heteroatoms. The highest BCUT2D eigenvalue weighted by molar-refractivity contribution is 6.31. The van der Waals surface area contributed by atoms with E-state index in [1.807, 2.05) is 44.6 Å². The number of hydrogen-bond acceptors (Lipinski definition) is 3. The Labute approximate surface area is 135 Å². The second-order valence-electron chi connectivity index (χ2n) is 5.99. The molecule has 4 nitrogen and oxygen atoms in total. The lowest BCUT2D eigenvalue weighted by Crippen LogP contribution is -2.40. The summed E-state index contributed by atoms with van der Waals surface area (Å²) in [5.74, 6) is 0.389. The summed E-state index contributed by atoms with van der Waals surface area (Å²) >= 11 is 6.04. The first kappa shape index (κ1) is 15.1. The molecule has 0 saturated carbocycles. The first-order chi connectivity index (χ1) is 10.6. The van der Waals surface area contributed by atoms with Crippen LogP contribution in [0.2, 0.25) is 5.02 Å². The van der Waals surface area contributed by atoms with Crippen LogP contribution in [0.3, 0.4) is 0 Å². The smallest absolute Gasteiger partial charge is 0.225 e. The predicted molar refractivity (Wildman–Crippen MR) is 90.4 cm³/mol. The van der Waals surface area contributed by atoms with Crippen LogP contribution in [-0.2, 0) is 4.79 Å². The van der Waals surface area contributed by atoms with E-state index in [0.717, 1.165) is 36.8 Å². The largest absolute Gasteiger partial charge is 0.371 e. The monoisotopic (exact) mass is 317 g/mol. The van der Waals surface area contributed by atoms with Gasteiger partial charge in [0, 0.05) is 55.4 Å². The van der Waals surface area contributed by atoms with Crippen LogP contribution in [0.15, 0.2) is 30.5 Å². The molecular formula is C17H20ClN3O. The summed E-state index contributed by atoms with van der Waals surface area (Å²) in [7, 11) is 3.66. The number of anilines is 1. The summed E-state index contributed by atoms with van der Waals surface area (Å²) in [6, 6.07) is 7.86. The highest BCUT2D eigenvalue weighted by Gasteiger charge is 2.26. The van der Waals surface area contributed by atoms with Crippen molar-refractivity contribution < 1.29 is 4.79 Å². The number of nitrogens with zero attached hydrogens (tertiary/aromatic N) is 3. The van der Waals surface area contributed by atoms with E-state index in [4.69, 9.17) is 11.6 Å². The molecule has 2 heterocycles. The number of fused-ring (bicyclic) bond motifs is 1. The van der Waals surface area contributed by atoms with E-state index in [2.05, 4.69) is 9.88 Å². The van der Waals surface area contributed by atoms with Gasteiger partial charge in [-0.25, -0.2) is 0 Å². The number of carbonyl (C=O) groups is 1. The molecule has 0 radical (unpaired) electrons. The third-order valence-corrected chi connectivity index (χ3v) is 4.54. The SMILES string of the molecule is CN(C)C(=O)C1CCN(c2ccnc3cc(Cl)ccc23)CC1. The van der Waals surface area contributed by atoms with Crippen LogP contribution in [0.4, 0.5) is 5.69 Å². The Bertz CT molecular complexity index is 693. The summed E-state index contributed by atoms with van der Waals surface area (Å²) < 4.78 is 0. The maximum atomic E-state index is 12.1. The molecule has 1 fully saturated rings. The molecule has 0 spiro atoms. The number of benzene rings is 1. The lowest BCUT2D eigenvalue weighted by molar-refractivity contribution is -0.133. The van der Waals surface area contributed by atoms with E-state index in [1.165, 1.54) is 5.69 Å². The van der Waals surface area contributed by atoms with Gasteiger partial charge in [0.2, 0.25) is 5.91 Å². The van der Waals surface area contributed by atoms with Gasteiger partial charge >= 0.3 is 0 Å². The number of rotatable bonds is 2. The second-order valence-corrected chi connectivity index (χ2v) is 6.42. The zero-order valence-corrected chi connectivity index (χ0v) is 13.7. The Balaban J connectivity index is 1.81. The molecule has 116 valence electrons. The van der Waals surface area contributed by atoms with Crippen molar-refractivity contribution in [2.45, 2.75) is 12.8 Å². The number of piperidine rings is 1. The maximum Gasteiger partial charge on any atom is 0.225 e. The minimum atomic E-state index is 0.147. The molecule has 0 N–H and O–H groups in total. The molecule has 1 aromatic carbocycles. The molecule has 22 heavy (non-hydrogen) atoms. The number of carbonyl (C=O) groups excluding carboxylic acids is 1. The number of aromatic nitrogens is 1. The zero-order valence-electron chi connectivity index (χ0n) is 12.9. The van der Waals surface area contributed by atoms with E-state index >= 15 is 0 Å². The lowest BCUT2D eigenvalue weighted by atomic mass is 9.95. The molecule has 1 amide bonds. The Morgan fingerprint density at radius 2 is 2.00 bits per heavy atom. The quantitative estimate of drug-likeness (QED) is 0.853. The Hall–Kier alpha value is -1.81. The topological polar surface area (TPSA) is 36.4 Å². The van der Waals surface area contributed by atoms with Crippen LogP contribution in [0.1, 0.15) is 12.8 Å². The zero-order chi connectivity index (χ0) is 15.7. The standard InChI is InChI=1S/C17H20ClN3O/c1-20(2)17(22)12-6-9-21(10-7-12)16-5-8-19-15-11-13(18)3-4-14(15)16/h3-5,8,11-12H,6-7,9-10H2,1-2H3. The second kappa shape index (κ2) is 6.13. The van der Waals surface area contributed by atoms with Gasteiger partial charge in [0.05, 0.1) is 5.52 Å². The average Bonchev–Trinajstić information content (AvgIpc) is 2.53. The van der Waals surface area contributed by atoms with Crippen LogP contribution in [0.5, 0.6) is 0 Å². The molecule has 1 saturated heterocycles. The first-order valence-electron chi connectivity index (χ1n) is 7.56. The molecule has 0 aliphatic carbocycles. The summed E-state index contributed by atoms with van der Waals surface area (Å²) in [5.41, 5.74) is 2.09. The third-order valence-electron chi connectivity index (χ3n) is 4.31. The van der Waals surface area contributed by atoms with E-state index in [9.17, 15) is 4.79 Å². The molecular weight excluding hydrogens is 298 g/mol. The van der Waals surface area contributed by atoms with Crippen molar-refractivity contribution in [2.24, 2.45) is 5.92 Å². The highest BCUT2D eigenvalue weighted by Crippen LogP contribution is 2.30. The van der Waals surface area contributed by atoms with Crippen LogP contribution < -0.4 is 4.90 Å². The minimum absolute atomic E-state index is 0.147. The summed E-state index contributed by atoms with van der Waals surface area (Å²) in [6.07, 6.45) is 3.62. The van der Waals surface area contributed by atoms with Crippen molar-refractivity contribution in [3.8, 4) is 0 Å². The molecule has 1 aromatic heterocycles. The summed E-state index contributed by atoms with van der Waals surface area (Å²) in [6.45, 7) is 1.79. The van der Waals surface area contributed by atoms with Crippen LogP contribution >= 0.6 is 11.6 Å². The number of halogens is 1. The number of pyridine rings is 1. The van der Waals surface area contributed by atoms with Crippen molar-refractivity contribution in [3.63, 3.8) is 0 Å². The van der Waals surface area contributed by atoms with Crippen molar-refractivity contribution in [1.82, 2.24) is 9.88 Å². The van der Waals surface area contributed by atoms with Gasteiger partial charge in [0.25, 0.3) is 0 Å². The summed E-state index contributed by atoms with van der Waals surface area (Å²) in [4.78, 5) is 20.5. The van der Waals surface area contributed by atoms with Gasteiger partial charge < -0.3 is 9.80 Å². The van der Waals surface area contributed by atoms with Crippen molar-refractivity contribution >= 4 is 34.1 Å². The fourth-order valence-electron chi connectivity index (χ4n) is 3.11. The lowest BCUT2D eigenvalue weighted by Gasteiger charge is -2.34. The molecule has 3 rings (SSSR count). The van der Waals surface area contributed by atoms with Crippen molar-refractivity contribution in [2.75, 3.05) is 32.1 Å². The normalized spacial score (nSPS) is 16.0. The van der Waals surface area contributed by atoms with E-state index in [1.54, 1.807) is 4.90 Å². The minimum Gasteiger partial charge on any atom is -0.371 e. The van der Waals surface area contributed by atoms with E-state index in [-0.39, 0.29) is 11.8 Å². The fraction of sp³-hybridized carbons (Fsp3) is 0.412. The van der Waals surface area contributed by atoms with Gasteiger partial charge in [0.15, 0.2) is 0 Å². The Morgan fingerprint density at radius 3 is 2.68 bits per heavy atom. The Kier molecular flexibility index (Phi) is 4.21. The van der Waals surface area contributed by atoms with E-state index < -0.39 is 0 Å². The number of hydrogen-bond donors (Lipinski definition) is 0. The number of amides is 1. The van der Waals surface area contributed by atoms with Crippen LogP contribution in [-0.4, -0.2) is 43.0 Å². The maximum absolute atomic E-state index is 12.1. The highest BCUT2D eigenvalue weighted by atomic mass is 35.5. The van der Waals surface area contributed by atoms with Gasteiger partial charge in [-0.1, -0.05) is 11.6 Å². The van der Waals surface area contributed by atoms with Crippen molar-refractivity contribution in [1.29, 1.82) is 0 Å². The Morgan fingerprint density at radius 1 is 1.27 bits per heavy atom. The molecule has 0 bridgehead atoms. The third kappa shape index (κ3) is 2.88. The van der Waals surface area contributed by atoms with Gasteiger partial charge in [-0.05, 0) is 37.1 Å². The fourth-order valence-corrected chi connectivity index (χ4v) is 3.28. The van der Waals surface area contributed by atoms with E-state index in [0.29, 0.717) is 5.02 Å². The first-order valence-corrected chi connectivity index (χ1v) is 7.94. The molecule has 0 atom stereocenters. The van der Waals surface area contributed by atoms with Crippen LogP contribution in [0.25, 0.3) is 10.9 Å². The summed E-state index contributed by atoms with van der Waals surface area (Å²) in [5, 5.41) is 1.82. The molecule has 1 aliphatic heterocycles. The molecule has 1 aliphatic rings. The van der Waals surface area contributed by atoms with Gasteiger partial charge in [0.1, 0.15) is 0 Å². The van der Waals surface area contributed by atoms with Gasteiger partial charge in [-0.2, -0.15) is 0 Å². The van der Waals surface area contributed by atoms with Crippen molar-refractivity contribution in [3.05, 3.63) is 35.5 Å². The van der Waals surface area contributed by atoms with Gasteiger partial charge in [-0.3, -0.25) is 9.78 Å². The van der Waals surface area contributed by atoms with Crippen LogP contribution in [0, 0.1) is 5.92 Å². The molecule has 2 aromatic rings. The predicted octanol–water partition coefficient (Wildman–Crippen LogP) is 3.19. The molecule has 0 unspecified atom stereocenters. The average molecular weight is 318 g/mol.